The van der Waals surface area contributed by atoms with Crippen LogP contribution in [0.25, 0.3) is 22.2 Å². The summed E-state index contributed by atoms with van der Waals surface area (Å²) >= 11 is 1.73. The number of hydrogen-bond acceptors (Lipinski definition) is 4. The molecular weight excluding hydrogens is 346 g/mol. The van der Waals surface area contributed by atoms with E-state index in [2.05, 4.69) is 33.0 Å². The summed E-state index contributed by atoms with van der Waals surface area (Å²) in [7, 11) is 0. The summed E-state index contributed by atoms with van der Waals surface area (Å²) < 4.78 is 5.49. The lowest BCUT2D eigenvalue weighted by Gasteiger charge is -2.10. The lowest BCUT2D eigenvalue weighted by Crippen LogP contribution is -2.27. The highest BCUT2D eigenvalue weighted by molar-refractivity contribution is 7.10. The highest BCUT2D eigenvalue weighted by Crippen LogP contribution is 2.38. The van der Waals surface area contributed by atoms with Crippen LogP contribution in [0, 0.1) is 0 Å². The number of para-hydroxylation sites is 1. The minimum absolute atomic E-state index is 0.159. The van der Waals surface area contributed by atoms with Crippen molar-refractivity contribution in [3.8, 4) is 11.3 Å². The van der Waals surface area contributed by atoms with Gasteiger partial charge in [0.25, 0.3) is 5.91 Å². The average molecular weight is 363 g/mol. The number of fused-ring (bicyclic) bond motifs is 4. The minimum atomic E-state index is -0.159. The fraction of sp³-hybridized carbons (Fsp3) is 0.200. The number of nitrogens with one attached hydrogen (secondary N) is 2. The number of aromatic nitrogens is 2. The summed E-state index contributed by atoms with van der Waals surface area (Å²) in [5, 5.41) is 10.3. The second-order valence-corrected chi connectivity index (χ2v) is 7.46. The number of aryl methyl sites for hydroxylation is 1. The number of carbonyl (C=O) groups excluding carboxylic acids is 1. The Kier molecular flexibility index (Phi) is 3.64. The number of benzene rings is 1. The second kappa shape index (κ2) is 6.14. The van der Waals surface area contributed by atoms with Gasteiger partial charge in [-0.05, 0) is 42.3 Å². The number of aromatic amines is 1. The van der Waals surface area contributed by atoms with Gasteiger partial charge in [-0.1, -0.05) is 23.4 Å². The van der Waals surface area contributed by atoms with Gasteiger partial charge in [-0.15, -0.1) is 11.3 Å². The largest absolute Gasteiger partial charge is 0.361 e. The van der Waals surface area contributed by atoms with Gasteiger partial charge in [-0.3, -0.25) is 4.79 Å². The van der Waals surface area contributed by atoms with E-state index in [4.69, 9.17) is 4.52 Å². The lowest BCUT2D eigenvalue weighted by molar-refractivity contribution is 0.0944. The molecule has 1 amide bonds. The normalized spacial score (nSPS) is 12.8. The zero-order valence-corrected chi connectivity index (χ0v) is 14.9. The summed E-state index contributed by atoms with van der Waals surface area (Å²) in [4.78, 5) is 17.1. The maximum absolute atomic E-state index is 12.6. The maximum atomic E-state index is 12.6. The molecule has 1 aliphatic carbocycles. The van der Waals surface area contributed by atoms with Crippen LogP contribution in [-0.4, -0.2) is 22.6 Å². The molecule has 3 heterocycles. The first-order valence-electron chi connectivity index (χ1n) is 8.70. The quantitative estimate of drug-likeness (QED) is 0.577. The Morgan fingerprint density at radius 3 is 3.15 bits per heavy atom. The number of H-pyrrole nitrogens is 1. The van der Waals surface area contributed by atoms with Gasteiger partial charge in [0, 0.05) is 39.6 Å². The number of rotatable bonds is 4. The van der Waals surface area contributed by atoms with Crippen LogP contribution in [0.1, 0.15) is 26.5 Å². The predicted molar refractivity (Wildman–Crippen MR) is 102 cm³/mol. The molecule has 0 aliphatic heterocycles. The number of amides is 1. The van der Waals surface area contributed by atoms with E-state index in [0.717, 1.165) is 41.7 Å². The Balaban J connectivity index is 1.30. The molecule has 0 bridgehead atoms. The first-order valence-corrected chi connectivity index (χ1v) is 9.57. The summed E-state index contributed by atoms with van der Waals surface area (Å²) in [6.45, 7) is 0.562. The predicted octanol–water partition coefficient (Wildman–Crippen LogP) is 3.96. The molecule has 130 valence electrons. The number of thiophene rings is 1. The van der Waals surface area contributed by atoms with E-state index in [0.29, 0.717) is 12.2 Å². The topological polar surface area (TPSA) is 70.9 Å². The number of nitrogens with zero attached hydrogens (tertiary/aromatic N) is 1. The Labute approximate surface area is 154 Å². The van der Waals surface area contributed by atoms with Gasteiger partial charge in [-0.25, -0.2) is 0 Å². The van der Waals surface area contributed by atoms with Crippen LogP contribution in [0.5, 0.6) is 0 Å². The van der Waals surface area contributed by atoms with Crippen molar-refractivity contribution in [3.05, 3.63) is 63.6 Å². The molecular formula is C20H17N3O2S. The van der Waals surface area contributed by atoms with Crippen molar-refractivity contribution in [3.63, 3.8) is 0 Å². The Morgan fingerprint density at radius 1 is 1.27 bits per heavy atom. The van der Waals surface area contributed by atoms with E-state index in [9.17, 15) is 4.79 Å². The Hall–Kier alpha value is -2.86. The number of carbonyl (C=O) groups is 1. The van der Waals surface area contributed by atoms with E-state index in [1.54, 1.807) is 11.3 Å². The summed E-state index contributed by atoms with van der Waals surface area (Å²) in [6, 6.07) is 10.2. The minimum Gasteiger partial charge on any atom is -0.361 e. The van der Waals surface area contributed by atoms with E-state index < -0.39 is 0 Å². The molecule has 5 nitrogen and oxygen atoms in total. The van der Waals surface area contributed by atoms with Crippen molar-refractivity contribution in [1.29, 1.82) is 0 Å². The Bertz CT molecular complexity index is 1110. The van der Waals surface area contributed by atoms with Crippen molar-refractivity contribution in [1.82, 2.24) is 15.5 Å². The molecule has 0 fully saturated rings. The third kappa shape index (κ3) is 2.45. The van der Waals surface area contributed by atoms with E-state index >= 15 is 0 Å². The van der Waals surface area contributed by atoms with Gasteiger partial charge < -0.3 is 14.8 Å². The van der Waals surface area contributed by atoms with Gasteiger partial charge in [-0.2, -0.15) is 0 Å². The highest BCUT2D eigenvalue weighted by Gasteiger charge is 2.28. The molecule has 0 spiro atoms. The third-order valence-corrected chi connectivity index (χ3v) is 5.93. The summed E-state index contributed by atoms with van der Waals surface area (Å²) in [6.07, 6.45) is 4.52. The fourth-order valence-corrected chi connectivity index (χ4v) is 4.52. The summed E-state index contributed by atoms with van der Waals surface area (Å²) in [5.41, 5.74) is 4.76. The van der Waals surface area contributed by atoms with Crippen LogP contribution in [0.15, 0.2) is 46.4 Å². The molecule has 26 heavy (non-hydrogen) atoms. The van der Waals surface area contributed by atoms with Crippen molar-refractivity contribution in [2.75, 3.05) is 6.54 Å². The molecule has 2 N–H and O–H groups in total. The summed E-state index contributed by atoms with van der Waals surface area (Å²) in [5.74, 6) is 0.600. The van der Waals surface area contributed by atoms with Crippen LogP contribution >= 0.6 is 11.3 Å². The van der Waals surface area contributed by atoms with Gasteiger partial charge in [0.1, 0.15) is 0 Å². The van der Waals surface area contributed by atoms with Gasteiger partial charge >= 0.3 is 0 Å². The van der Waals surface area contributed by atoms with E-state index in [1.165, 1.54) is 15.8 Å². The molecule has 0 unspecified atom stereocenters. The van der Waals surface area contributed by atoms with E-state index in [-0.39, 0.29) is 5.91 Å². The molecule has 1 aromatic carbocycles. The molecule has 3 aromatic heterocycles. The number of hydrogen-bond donors (Lipinski definition) is 2. The molecule has 6 heteroatoms. The average Bonchev–Trinajstić information content (AvgIpc) is 3.38. The molecule has 0 saturated heterocycles. The van der Waals surface area contributed by atoms with Gasteiger partial charge in [0.05, 0.1) is 0 Å². The van der Waals surface area contributed by atoms with Gasteiger partial charge in [0.15, 0.2) is 11.5 Å². The third-order valence-electron chi connectivity index (χ3n) is 4.95. The van der Waals surface area contributed by atoms with Crippen molar-refractivity contribution in [2.45, 2.75) is 19.3 Å². The smallest absolute Gasteiger partial charge is 0.273 e. The second-order valence-electron chi connectivity index (χ2n) is 6.46. The first kappa shape index (κ1) is 15.4. The fourth-order valence-electron chi connectivity index (χ4n) is 3.64. The molecule has 4 aromatic rings. The van der Waals surface area contributed by atoms with E-state index in [1.807, 2.05) is 24.4 Å². The van der Waals surface area contributed by atoms with Gasteiger partial charge in [0.2, 0.25) is 0 Å². The van der Waals surface area contributed by atoms with Crippen molar-refractivity contribution >= 4 is 28.1 Å². The molecule has 1 aliphatic rings. The van der Waals surface area contributed by atoms with Crippen LogP contribution in [0.3, 0.4) is 0 Å². The Morgan fingerprint density at radius 2 is 2.19 bits per heavy atom. The SMILES string of the molecule is O=C(NCCc1c[nH]c2ccccc12)c1noc2c1CCc1sccc1-2. The lowest BCUT2D eigenvalue weighted by atomic mass is 9.95. The zero-order valence-electron chi connectivity index (χ0n) is 14.0. The molecule has 0 atom stereocenters. The first-order chi connectivity index (χ1) is 12.8. The highest BCUT2D eigenvalue weighted by atomic mass is 32.1. The molecule has 0 radical (unpaired) electrons. The zero-order chi connectivity index (χ0) is 17.5. The molecule has 5 rings (SSSR count). The maximum Gasteiger partial charge on any atom is 0.273 e. The van der Waals surface area contributed by atoms with Crippen LogP contribution in [0.4, 0.5) is 0 Å². The monoisotopic (exact) mass is 363 g/mol. The molecule has 0 saturated carbocycles. The van der Waals surface area contributed by atoms with Crippen molar-refractivity contribution in [2.24, 2.45) is 0 Å². The van der Waals surface area contributed by atoms with Crippen LogP contribution < -0.4 is 5.32 Å². The van der Waals surface area contributed by atoms with Crippen LogP contribution in [-0.2, 0) is 19.3 Å². The van der Waals surface area contributed by atoms with Crippen molar-refractivity contribution < 1.29 is 9.32 Å². The van der Waals surface area contributed by atoms with Crippen LogP contribution in [0.2, 0.25) is 0 Å². The standard InChI is InChI=1S/C20H17N3O2S/c24-20(21-9-7-12-11-22-16-4-2-1-3-13(12)16)18-15-5-6-17-14(8-10-26-17)19(15)25-23-18/h1-4,8,10-11,22H,5-7,9H2,(H,21,24).